The summed E-state index contributed by atoms with van der Waals surface area (Å²) in [4.78, 5) is 8.41. The van der Waals surface area contributed by atoms with Crippen LogP contribution in [0.25, 0.3) is 0 Å². The Hall–Kier alpha value is -1.31. The third kappa shape index (κ3) is 1.57. The minimum atomic E-state index is -0.125. The van der Waals surface area contributed by atoms with Gasteiger partial charge < -0.3 is 20.5 Å². The van der Waals surface area contributed by atoms with E-state index in [0.29, 0.717) is 27.3 Å². The van der Waals surface area contributed by atoms with Crippen LogP contribution in [-0.4, -0.2) is 34.6 Å². The Morgan fingerprint density at radius 1 is 1.48 bits per heavy atom. The lowest BCUT2D eigenvalue weighted by Gasteiger charge is -2.56. The van der Waals surface area contributed by atoms with E-state index in [4.69, 9.17) is 10.5 Å². The number of rotatable bonds is 0. The second-order valence-corrected chi connectivity index (χ2v) is 9.75. The number of hydrogen-bond acceptors (Lipinski definition) is 6. The van der Waals surface area contributed by atoms with E-state index in [1.54, 1.807) is 11.3 Å². The number of nitrogens with zero attached hydrogens (tertiary/aromatic N) is 2. The van der Waals surface area contributed by atoms with Crippen LogP contribution in [0.4, 0.5) is 5.13 Å². The van der Waals surface area contributed by atoms with Crippen molar-refractivity contribution in [1.82, 2.24) is 9.88 Å². The van der Waals surface area contributed by atoms with Crippen molar-refractivity contribution in [2.75, 3.05) is 19.3 Å². The van der Waals surface area contributed by atoms with E-state index in [1.165, 1.54) is 16.0 Å². The van der Waals surface area contributed by atoms with E-state index in [0.717, 1.165) is 31.5 Å². The number of hydrogen-bond donors (Lipinski definition) is 2. The fourth-order valence-corrected chi connectivity index (χ4v) is 7.25. The summed E-state index contributed by atoms with van der Waals surface area (Å²) in [5, 5.41) is 11.3. The summed E-state index contributed by atoms with van der Waals surface area (Å²) in [6, 6.07) is 2.58. The van der Waals surface area contributed by atoms with E-state index in [2.05, 4.69) is 38.9 Å². The Labute approximate surface area is 157 Å². The van der Waals surface area contributed by atoms with Crippen molar-refractivity contribution in [2.24, 2.45) is 5.92 Å². The first-order valence-corrected chi connectivity index (χ1v) is 10.3. The third-order valence-electron chi connectivity index (χ3n) is 6.86. The molecular formula is C18H18BrN3O2S. The van der Waals surface area contributed by atoms with Crippen LogP contribution in [-0.2, 0) is 18.3 Å². The summed E-state index contributed by atoms with van der Waals surface area (Å²) in [5.41, 5.74) is 9.52. The molecule has 0 amide bonds. The second-order valence-electron chi connectivity index (χ2n) is 7.78. The van der Waals surface area contributed by atoms with Crippen LogP contribution < -0.4 is 10.5 Å². The van der Waals surface area contributed by atoms with E-state index in [-0.39, 0.29) is 17.3 Å². The zero-order chi connectivity index (χ0) is 17.1. The number of ether oxygens (including phenoxy) is 1. The largest absolute Gasteiger partial charge is 0.503 e. The quantitative estimate of drug-likeness (QED) is 0.686. The number of phenolic OH excluding ortho intramolecular Hbond substituents is 1. The van der Waals surface area contributed by atoms with E-state index in [1.807, 2.05) is 0 Å². The number of aromatic hydroxyl groups is 1. The molecule has 1 saturated heterocycles. The molecule has 0 saturated carbocycles. The number of thiazole rings is 1. The van der Waals surface area contributed by atoms with Crippen LogP contribution in [0.15, 0.2) is 10.5 Å². The number of benzene rings is 1. The van der Waals surface area contributed by atoms with Crippen molar-refractivity contribution in [1.29, 1.82) is 0 Å². The summed E-state index contributed by atoms with van der Waals surface area (Å²) in [6.07, 6.45) is 2.92. The number of anilines is 1. The van der Waals surface area contributed by atoms with Crippen molar-refractivity contribution >= 4 is 32.4 Å². The Morgan fingerprint density at radius 3 is 3.16 bits per heavy atom. The lowest BCUT2D eigenvalue weighted by molar-refractivity contribution is -0.0249. The summed E-state index contributed by atoms with van der Waals surface area (Å²) in [7, 11) is 2.24. The molecule has 3 heterocycles. The number of phenols is 1. The molecule has 25 heavy (non-hydrogen) atoms. The third-order valence-corrected chi connectivity index (χ3v) is 8.38. The van der Waals surface area contributed by atoms with Crippen molar-refractivity contribution in [2.45, 2.75) is 36.8 Å². The molecule has 7 heteroatoms. The Morgan fingerprint density at radius 2 is 2.32 bits per heavy atom. The smallest absolute Gasteiger partial charge is 0.180 e. The zero-order valence-corrected chi connectivity index (χ0v) is 16.2. The molecule has 6 rings (SSSR count). The first-order chi connectivity index (χ1) is 12.0. The molecule has 1 fully saturated rings. The number of nitrogens with two attached hydrogens (primary N) is 1. The molecule has 2 bridgehead atoms. The van der Waals surface area contributed by atoms with Crippen LogP contribution in [0.5, 0.6) is 11.5 Å². The van der Waals surface area contributed by atoms with Crippen molar-refractivity contribution in [3.8, 4) is 11.5 Å². The van der Waals surface area contributed by atoms with Gasteiger partial charge in [-0.05, 0) is 66.3 Å². The fraction of sp³-hybridized carbons (Fsp3) is 0.500. The molecule has 2 aromatic rings. The van der Waals surface area contributed by atoms with Crippen molar-refractivity contribution < 1.29 is 9.84 Å². The lowest BCUT2D eigenvalue weighted by atomic mass is 9.52. The highest BCUT2D eigenvalue weighted by Crippen LogP contribution is 2.68. The molecule has 1 aromatic heterocycles. The van der Waals surface area contributed by atoms with Gasteiger partial charge in [0.1, 0.15) is 0 Å². The number of piperidine rings is 1. The minimum Gasteiger partial charge on any atom is -0.503 e. The highest BCUT2D eigenvalue weighted by Gasteiger charge is 2.65. The van der Waals surface area contributed by atoms with Gasteiger partial charge in [-0.3, -0.25) is 0 Å². The number of likely N-dealkylation sites (tertiary alicyclic amines) is 1. The van der Waals surface area contributed by atoms with Crippen molar-refractivity contribution in [3.05, 3.63) is 32.2 Å². The van der Waals surface area contributed by atoms with Gasteiger partial charge in [-0.25, -0.2) is 4.98 Å². The molecule has 0 unspecified atom stereocenters. The SMILES string of the molecule is CN1CC[C@]23c4c5cc(Br)c(O)c4O[C@H]2c2nc(N)sc2C[C@H]3[C@@H]1C5. The molecule has 4 aliphatic rings. The number of likely N-dealkylation sites (N-methyl/N-ethyl adjacent to an activating group) is 1. The average molecular weight is 420 g/mol. The molecule has 5 nitrogen and oxygen atoms in total. The number of fused-ring (bicyclic) bond motifs is 2. The van der Waals surface area contributed by atoms with E-state index < -0.39 is 0 Å². The van der Waals surface area contributed by atoms with Gasteiger partial charge in [-0.1, -0.05) is 0 Å². The molecule has 3 N–H and O–H groups in total. The average Bonchev–Trinajstić information content (AvgIpc) is 3.10. The highest BCUT2D eigenvalue weighted by molar-refractivity contribution is 9.10. The normalized spacial score (nSPS) is 34.4. The van der Waals surface area contributed by atoms with Gasteiger partial charge in [0.05, 0.1) is 10.2 Å². The van der Waals surface area contributed by atoms with Gasteiger partial charge in [-0.15, -0.1) is 11.3 Å². The summed E-state index contributed by atoms with van der Waals surface area (Å²) in [6.45, 7) is 1.05. The Bertz CT molecular complexity index is 945. The molecule has 4 atom stereocenters. The molecule has 1 spiro atoms. The lowest BCUT2D eigenvalue weighted by Crippen LogP contribution is -2.61. The summed E-state index contributed by atoms with van der Waals surface area (Å²) < 4.78 is 7.17. The summed E-state index contributed by atoms with van der Waals surface area (Å²) in [5.74, 6) is 1.38. The van der Waals surface area contributed by atoms with Gasteiger partial charge in [0.25, 0.3) is 0 Å². The van der Waals surface area contributed by atoms with Crippen LogP contribution in [0.3, 0.4) is 0 Å². The van der Waals surface area contributed by atoms with Crippen LogP contribution >= 0.6 is 27.3 Å². The zero-order valence-electron chi connectivity index (χ0n) is 13.8. The molecular weight excluding hydrogens is 402 g/mol. The molecule has 2 aliphatic carbocycles. The van der Waals surface area contributed by atoms with Crippen molar-refractivity contribution in [3.63, 3.8) is 0 Å². The first-order valence-electron chi connectivity index (χ1n) is 8.67. The highest BCUT2D eigenvalue weighted by atomic mass is 79.9. The molecule has 2 aliphatic heterocycles. The second kappa shape index (κ2) is 4.50. The molecule has 130 valence electrons. The Balaban J connectivity index is 1.70. The van der Waals surface area contributed by atoms with Gasteiger partial charge in [0, 0.05) is 21.9 Å². The number of halogens is 1. The predicted molar refractivity (Wildman–Crippen MR) is 99.3 cm³/mol. The van der Waals surface area contributed by atoms with Gasteiger partial charge in [0.15, 0.2) is 22.7 Å². The maximum Gasteiger partial charge on any atom is 0.180 e. The number of nitrogen functional groups attached to an aromatic ring is 1. The monoisotopic (exact) mass is 419 g/mol. The Kier molecular flexibility index (Phi) is 2.67. The van der Waals surface area contributed by atoms with Gasteiger partial charge >= 0.3 is 0 Å². The van der Waals surface area contributed by atoms with E-state index >= 15 is 0 Å². The van der Waals surface area contributed by atoms with Gasteiger partial charge in [0.2, 0.25) is 0 Å². The topological polar surface area (TPSA) is 71.6 Å². The maximum absolute atomic E-state index is 10.7. The molecule has 0 radical (unpaired) electrons. The summed E-state index contributed by atoms with van der Waals surface area (Å²) >= 11 is 5.11. The van der Waals surface area contributed by atoms with Gasteiger partial charge in [-0.2, -0.15) is 0 Å². The van der Waals surface area contributed by atoms with Crippen LogP contribution in [0.1, 0.15) is 34.2 Å². The van der Waals surface area contributed by atoms with E-state index in [9.17, 15) is 5.11 Å². The van der Waals surface area contributed by atoms with Crippen LogP contribution in [0.2, 0.25) is 0 Å². The van der Waals surface area contributed by atoms with Crippen LogP contribution in [0, 0.1) is 5.92 Å². The molecule has 1 aromatic carbocycles. The predicted octanol–water partition coefficient (Wildman–Crippen LogP) is 3.00. The fourth-order valence-electron chi connectivity index (χ4n) is 5.88. The minimum absolute atomic E-state index is 0.0776. The first kappa shape index (κ1) is 14.8. The maximum atomic E-state index is 10.7. The number of aromatic nitrogens is 1. The standard InChI is InChI=1S/C18H18BrN3O2S/c1-22-3-2-18-8-6-11-13(21-17(20)25-11)16(18)24-15-12(18)7(5-10(8)22)4-9(19)14(15)23/h4,8,10,16,23H,2-3,5-6H2,1H3,(H2,20,21)/t8-,10-,16-,18-/m0/s1.